The molecule has 2 atom stereocenters. The Morgan fingerprint density at radius 2 is 1.00 bits per heavy atom. The number of fused-ring (bicyclic) bond motifs is 2. The molecule has 0 spiro atoms. The van der Waals surface area contributed by atoms with Gasteiger partial charge in [-0.1, -0.05) is 102 Å². The molecular weight excluding hydrogens is 1040 g/mol. The summed E-state index contributed by atoms with van der Waals surface area (Å²) in [7, 11) is 0. The molecule has 8 nitrogen and oxygen atoms in total. The van der Waals surface area contributed by atoms with E-state index in [-0.39, 0.29) is 52.4 Å². The molecule has 0 saturated carbocycles. The minimum atomic E-state index is -0.375. The van der Waals surface area contributed by atoms with Crippen LogP contribution in [0, 0.1) is 33.8 Å². The van der Waals surface area contributed by atoms with Crippen LogP contribution in [0.2, 0.25) is 0 Å². The zero-order valence-corrected chi connectivity index (χ0v) is 36.5. The van der Waals surface area contributed by atoms with Gasteiger partial charge >= 0.3 is 0 Å². The van der Waals surface area contributed by atoms with E-state index in [2.05, 4.69) is 125 Å². The maximum atomic E-state index is 8.56. The van der Waals surface area contributed by atoms with Crippen molar-refractivity contribution in [3.8, 4) is 34.2 Å². The monoisotopic (exact) mass is 1090 g/mol. The van der Waals surface area contributed by atoms with E-state index in [0.717, 1.165) is 45.8 Å². The molecule has 0 aliphatic carbocycles. The van der Waals surface area contributed by atoms with Crippen molar-refractivity contribution in [3.63, 3.8) is 0 Å². The fourth-order valence-electron chi connectivity index (χ4n) is 6.21. The zero-order chi connectivity index (χ0) is 37.5. The molecule has 0 saturated heterocycles. The molecule has 0 amide bonds. The van der Waals surface area contributed by atoms with Crippen molar-refractivity contribution >= 4 is 21.5 Å². The van der Waals surface area contributed by atoms with Crippen molar-refractivity contribution in [2.45, 2.75) is 60.2 Å². The van der Waals surface area contributed by atoms with Gasteiger partial charge in [-0.3, -0.25) is 9.67 Å². The molecule has 8 rings (SSSR count). The van der Waals surface area contributed by atoms with E-state index < -0.39 is 0 Å². The van der Waals surface area contributed by atoms with Gasteiger partial charge in [-0.05, 0) is 88.1 Å². The van der Waals surface area contributed by atoms with E-state index in [4.69, 9.17) is 10.2 Å². The summed E-state index contributed by atoms with van der Waals surface area (Å²) in [5, 5.41) is 31.1. The molecule has 2 aromatic heterocycles. The number of nitrogens with zero attached hydrogens (tertiary/aromatic N) is 6. The maximum absolute atomic E-state index is 8.56. The molecule has 2 unspecified atom stereocenters. The quantitative estimate of drug-likeness (QED) is 0.161. The van der Waals surface area contributed by atoms with Crippen LogP contribution in [0.3, 0.4) is 0 Å². The summed E-state index contributed by atoms with van der Waals surface area (Å²) < 4.78 is 3.85. The first-order valence-corrected chi connectivity index (χ1v) is 17.8. The maximum Gasteiger partial charge on any atom is 0.163 e. The van der Waals surface area contributed by atoms with Crippen molar-refractivity contribution in [2.75, 3.05) is 0 Å². The average molecular weight is 1090 g/mol. The number of aliphatic hydroxyl groups excluding tert-OH is 2. The number of aromatic nitrogens is 6. The van der Waals surface area contributed by atoms with Crippen LogP contribution < -0.4 is 0 Å². The fourth-order valence-corrected chi connectivity index (χ4v) is 6.21. The van der Waals surface area contributed by atoms with E-state index in [1.807, 2.05) is 65.7 Å². The molecule has 0 aliphatic rings. The Labute approximate surface area is 350 Å². The summed E-state index contributed by atoms with van der Waals surface area (Å²) >= 11 is 0. The third-order valence-electron chi connectivity index (χ3n) is 8.72. The first kappa shape index (κ1) is 43.1. The van der Waals surface area contributed by atoms with Crippen LogP contribution in [0.5, 0.6) is 0 Å². The average Bonchev–Trinajstić information content (AvgIpc) is 3.73. The van der Waals surface area contributed by atoms with E-state index >= 15 is 0 Å². The van der Waals surface area contributed by atoms with E-state index in [9.17, 15) is 0 Å². The fraction of sp³-hybridized carbons (Fsp3) is 0.200. The molecular formula is C45H45Ir2N6O2-. The Bertz CT molecular complexity index is 2300. The van der Waals surface area contributed by atoms with Gasteiger partial charge in [0.15, 0.2) is 5.82 Å². The topological polar surface area (TPSA) is 102 Å². The van der Waals surface area contributed by atoms with Gasteiger partial charge < -0.3 is 10.2 Å². The Morgan fingerprint density at radius 3 is 1.53 bits per heavy atom. The van der Waals surface area contributed by atoms with E-state index in [1.165, 1.54) is 32.7 Å². The largest absolute Gasteiger partial charge is 0.393 e. The van der Waals surface area contributed by atoms with Gasteiger partial charge in [-0.25, -0.2) is 9.67 Å². The molecule has 2 radical (unpaired) electrons. The van der Waals surface area contributed by atoms with E-state index in [1.54, 1.807) is 13.8 Å². The minimum absolute atomic E-state index is 0. The molecule has 286 valence electrons. The number of benzene rings is 6. The van der Waals surface area contributed by atoms with E-state index in [0.29, 0.717) is 6.42 Å². The van der Waals surface area contributed by atoms with Crippen molar-refractivity contribution in [1.29, 1.82) is 0 Å². The number of aliphatic hydroxyl groups is 2. The molecule has 0 fully saturated rings. The zero-order valence-electron chi connectivity index (χ0n) is 31.7. The van der Waals surface area contributed by atoms with Gasteiger partial charge in [0.05, 0.1) is 29.4 Å². The van der Waals surface area contributed by atoms with Gasteiger partial charge in [0.1, 0.15) is 11.6 Å². The summed E-state index contributed by atoms with van der Waals surface area (Å²) in [6.07, 6.45) is -0.278. The molecule has 55 heavy (non-hydrogen) atoms. The summed E-state index contributed by atoms with van der Waals surface area (Å²) in [5.74, 6) is 3.23. The standard InChI is InChI=1S/C20H17N3.C20H16N3.C5H12O2.2Ir/c2*1-14-7-3-6-10-19(14)23-20(21-15(2)22-23)18-12-11-16-8-4-5-9-17(16)13-18;1-4(6)3-5(2)7;;/h3-13H,1-2H3;3-11,13H,1-2H3;4-7H,3H2,1-2H3;;/q;-1;;;. The second-order valence-electron chi connectivity index (χ2n) is 13.3. The van der Waals surface area contributed by atoms with Crippen LogP contribution in [-0.2, 0) is 40.2 Å². The minimum Gasteiger partial charge on any atom is -0.393 e. The van der Waals surface area contributed by atoms with Crippen LogP contribution in [0.25, 0.3) is 55.7 Å². The predicted octanol–water partition coefficient (Wildman–Crippen LogP) is 9.34. The van der Waals surface area contributed by atoms with Crippen LogP contribution in [0.15, 0.2) is 127 Å². The predicted molar refractivity (Wildman–Crippen MR) is 214 cm³/mol. The molecule has 6 aromatic carbocycles. The third-order valence-corrected chi connectivity index (χ3v) is 8.72. The number of rotatable bonds is 6. The molecule has 10 heteroatoms. The number of hydrogen-bond donors (Lipinski definition) is 2. The Hall–Kier alpha value is -4.66. The molecule has 0 bridgehead atoms. The molecule has 2 heterocycles. The first-order chi connectivity index (χ1) is 25.6. The van der Waals surface area contributed by atoms with Crippen LogP contribution in [-0.4, -0.2) is 51.9 Å². The van der Waals surface area contributed by atoms with Gasteiger partial charge in [-0.15, -0.1) is 29.1 Å². The van der Waals surface area contributed by atoms with Crippen LogP contribution in [0.1, 0.15) is 43.0 Å². The summed E-state index contributed by atoms with van der Waals surface area (Å²) in [5.41, 5.74) is 6.49. The number of hydrogen-bond acceptors (Lipinski definition) is 6. The number of aryl methyl sites for hydroxylation is 4. The molecule has 2 N–H and O–H groups in total. The van der Waals surface area contributed by atoms with Gasteiger partial charge in [0, 0.05) is 45.8 Å². The van der Waals surface area contributed by atoms with Gasteiger partial charge in [-0.2, -0.15) is 10.2 Å². The van der Waals surface area contributed by atoms with Gasteiger partial charge in [0.25, 0.3) is 0 Å². The Balaban J connectivity index is 0.000000203. The normalized spacial score (nSPS) is 11.6. The molecule has 0 aliphatic heterocycles. The van der Waals surface area contributed by atoms with Crippen LogP contribution >= 0.6 is 0 Å². The van der Waals surface area contributed by atoms with Crippen molar-refractivity contribution in [3.05, 3.63) is 156 Å². The summed E-state index contributed by atoms with van der Waals surface area (Å²) in [6.45, 7) is 11.3. The first-order valence-electron chi connectivity index (χ1n) is 17.8. The Morgan fingerprint density at radius 1 is 0.545 bits per heavy atom. The second kappa shape index (κ2) is 19.8. The number of para-hydroxylation sites is 2. The Kier molecular flexibility index (Phi) is 15.5. The third kappa shape index (κ3) is 10.8. The van der Waals surface area contributed by atoms with Crippen molar-refractivity contribution < 1.29 is 50.4 Å². The smallest absolute Gasteiger partial charge is 0.163 e. The summed E-state index contributed by atoms with van der Waals surface area (Å²) in [4.78, 5) is 9.28. The second-order valence-corrected chi connectivity index (χ2v) is 13.3. The van der Waals surface area contributed by atoms with Gasteiger partial charge in [0.2, 0.25) is 0 Å². The summed E-state index contributed by atoms with van der Waals surface area (Å²) in [6, 6.07) is 47.0. The van der Waals surface area contributed by atoms with Crippen molar-refractivity contribution in [1.82, 2.24) is 29.5 Å². The van der Waals surface area contributed by atoms with Crippen molar-refractivity contribution in [2.24, 2.45) is 0 Å². The molecule has 8 aromatic rings. The van der Waals surface area contributed by atoms with Crippen LogP contribution in [0.4, 0.5) is 0 Å². The SMILES string of the molecule is CC(O)CC(C)O.Cc1nc(-c2[c-]cc3ccccc3c2)n(-c2ccccc2C)n1.Cc1nc(-c2ccc3ccccc3c2)n(-c2ccccc2C)n1.[Ir].[Ir].